The van der Waals surface area contributed by atoms with E-state index in [1.807, 2.05) is 24.3 Å². The smallest absolute Gasteiger partial charge is 0.201 e. The van der Waals surface area contributed by atoms with Gasteiger partial charge in [-0.25, -0.2) is 4.98 Å². The van der Waals surface area contributed by atoms with E-state index in [-0.39, 0.29) is 0 Å². The molecule has 0 radical (unpaired) electrons. The number of hydrogen-bond acceptors (Lipinski definition) is 3. The van der Waals surface area contributed by atoms with E-state index in [0.717, 1.165) is 43.0 Å². The molecule has 84 valence electrons. The summed E-state index contributed by atoms with van der Waals surface area (Å²) in [5.41, 5.74) is 2.09. The molecule has 0 amide bonds. The van der Waals surface area contributed by atoms with Crippen molar-refractivity contribution in [3.05, 3.63) is 24.3 Å². The molecule has 0 aliphatic carbocycles. The van der Waals surface area contributed by atoms with E-state index in [2.05, 4.69) is 15.3 Å². The van der Waals surface area contributed by atoms with E-state index < -0.39 is 0 Å². The van der Waals surface area contributed by atoms with Crippen LogP contribution in [-0.4, -0.2) is 29.2 Å². The van der Waals surface area contributed by atoms with Crippen molar-refractivity contribution in [1.82, 2.24) is 9.97 Å². The molecule has 1 aliphatic rings. The van der Waals surface area contributed by atoms with Crippen LogP contribution in [0.15, 0.2) is 24.3 Å². The summed E-state index contributed by atoms with van der Waals surface area (Å²) in [4.78, 5) is 7.78. The molecule has 1 saturated heterocycles. The second-order valence-corrected chi connectivity index (χ2v) is 4.13. The number of anilines is 1. The molecule has 0 spiro atoms. The number of imidazole rings is 1. The number of para-hydroxylation sites is 2. The molecule has 3 rings (SSSR count). The largest absolute Gasteiger partial charge is 0.381 e. The van der Waals surface area contributed by atoms with Gasteiger partial charge in [0.05, 0.1) is 11.0 Å². The monoisotopic (exact) mass is 217 g/mol. The maximum absolute atomic E-state index is 5.33. The lowest BCUT2D eigenvalue weighted by Gasteiger charge is -2.22. The minimum atomic E-state index is 0.481. The fourth-order valence-corrected chi connectivity index (χ4v) is 2.06. The van der Waals surface area contributed by atoms with Crippen LogP contribution >= 0.6 is 0 Å². The maximum atomic E-state index is 5.33. The fourth-order valence-electron chi connectivity index (χ4n) is 2.06. The zero-order valence-electron chi connectivity index (χ0n) is 9.07. The maximum Gasteiger partial charge on any atom is 0.201 e. The first-order chi connectivity index (χ1) is 7.92. The Kier molecular flexibility index (Phi) is 2.50. The van der Waals surface area contributed by atoms with Crippen LogP contribution in [0, 0.1) is 0 Å². The molecule has 2 heterocycles. The molecule has 1 fully saturated rings. The van der Waals surface area contributed by atoms with Crippen molar-refractivity contribution < 1.29 is 4.74 Å². The molecule has 0 bridgehead atoms. The Hall–Kier alpha value is -1.55. The summed E-state index contributed by atoms with van der Waals surface area (Å²) in [6.45, 7) is 1.69. The number of hydrogen-bond donors (Lipinski definition) is 2. The molecular weight excluding hydrogens is 202 g/mol. The SMILES string of the molecule is c1ccc2[nH]c(NC3CCOCC3)nc2c1. The molecule has 0 saturated carbocycles. The molecule has 4 nitrogen and oxygen atoms in total. The third-order valence-corrected chi connectivity index (χ3v) is 2.95. The van der Waals surface area contributed by atoms with Crippen LogP contribution in [0.5, 0.6) is 0 Å². The van der Waals surface area contributed by atoms with Crippen molar-refractivity contribution in [1.29, 1.82) is 0 Å². The van der Waals surface area contributed by atoms with Crippen LogP contribution in [0.4, 0.5) is 5.95 Å². The van der Waals surface area contributed by atoms with Crippen LogP contribution < -0.4 is 5.32 Å². The topological polar surface area (TPSA) is 49.9 Å². The van der Waals surface area contributed by atoms with Crippen molar-refractivity contribution in [2.24, 2.45) is 0 Å². The van der Waals surface area contributed by atoms with Gasteiger partial charge >= 0.3 is 0 Å². The van der Waals surface area contributed by atoms with E-state index in [0.29, 0.717) is 6.04 Å². The zero-order chi connectivity index (χ0) is 10.8. The minimum Gasteiger partial charge on any atom is -0.381 e. The predicted molar refractivity (Wildman–Crippen MR) is 63.6 cm³/mol. The summed E-state index contributed by atoms with van der Waals surface area (Å²) in [6.07, 6.45) is 2.11. The van der Waals surface area contributed by atoms with Crippen molar-refractivity contribution in [2.75, 3.05) is 18.5 Å². The number of nitrogens with zero attached hydrogens (tertiary/aromatic N) is 1. The number of aromatic nitrogens is 2. The van der Waals surface area contributed by atoms with E-state index in [1.165, 1.54) is 0 Å². The first kappa shape index (κ1) is 9.66. The van der Waals surface area contributed by atoms with Crippen LogP contribution in [0.25, 0.3) is 11.0 Å². The number of ether oxygens (including phenoxy) is 1. The number of nitrogens with one attached hydrogen (secondary N) is 2. The van der Waals surface area contributed by atoms with Gasteiger partial charge in [-0.1, -0.05) is 12.1 Å². The van der Waals surface area contributed by atoms with E-state index in [9.17, 15) is 0 Å². The molecular formula is C12H15N3O. The van der Waals surface area contributed by atoms with Gasteiger partial charge in [-0.05, 0) is 25.0 Å². The molecule has 1 aliphatic heterocycles. The highest BCUT2D eigenvalue weighted by molar-refractivity contribution is 5.77. The summed E-state index contributed by atoms with van der Waals surface area (Å²) < 4.78 is 5.33. The average molecular weight is 217 g/mol. The quantitative estimate of drug-likeness (QED) is 0.810. The number of H-pyrrole nitrogens is 1. The normalized spacial score (nSPS) is 17.8. The number of benzene rings is 1. The van der Waals surface area contributed by atoms with Gasteiger partial charge in [-0.3, -0.25) is 0 Å². The number of fused-ring (bicyclic) bond motifs is 1. The lowest BCUT2D eigenvalue weighted by atomic mass is 10.1. The molecule has 4 heteroatoms. The Bertz CT molecular complexity index is 441. The van der Waals surface area contributed by atoms with Gasteiger partial charge < -0.3 is 15.0 Å². The molecule has 0 atom stereocenters. The molecule has 0 unspecified atom stereocenters. The Morgan fingerprint density at radius 2 is 2.06 bits per heavy atom. The van der Waals surface area contributed by atoms with Gasteiger partial charge in [0.25, 0.3) is 0 Å². The molecule has 2 N–H and O–H groups in total. The molecule has 1 aromatic heterocycles. The van der Waals surface area contributed by atoms with Crippen molar-refractivity contribution >= 4 is 17.0 Å². The predicted octanol–water partition coefficient (Wildman–Crippen LogP) is 2.15. The second-order valence-electron chi connectivity index (χ2n) is 4.13. The average Bonchev–Trinajstić information content (AvgIpc) is 2.72. The van der Waals surface area contributed by atoms with Crippen LogP contribution in [-0.2, 0) is 4.74 Å². The van der Waals surface area contributed by atoms with Gasteiger partial charge in [-0.2, -0.15) is 0 Å². The van der Waals surface area contributed by atoms with E-state index in [4.69, 9.17) is 4.74 Å². The number of rotatable bonds is 2. The Morgan fingerprint density at radius 3 is 2.88 bits per heavy atom. The first-order valence-corrected chi connectivity index (χ1v) is 5.71. The summed E-state index contributed by atoms with van der Waals surface area (Å²) >= 11 is 0. The summed E-state index contributed by atoms with van der Waals surface area (Å²) in [5, 5.41) is 3.42. The van der Waals surface area contributed by atoms with Crippen molar-refractivity contribution in [3.63, 3.8) is 0 Å². The second kappa shape index (κ2) is 4.14. The highest BCUT2D eigenvalue weighted by atomic mass is 16.5. The molecule has 16 heavy (non-hydrogen) atoms. The highest BCUT2D eigenvalue weighted by Crippen LogP contribution is 2.16. The third kappa shape index (κ3) is 1.88. The van der Waals surface area contributed by atoms with Gasteiger partial charge in [-0.15, -0.1) is 0 Å². The van der Waals surface area contributed by atoms with Crippen LogP contribution in [0.3, 0.4) is 0 Å². The van der Waals surface area contributed by atoms with Gasteiger partial charge in [0, 0.05) is 19.3 Å². The number of aromatic amines is 1. The van der Waals surface area contributed by atoms with Crippen LogP contribution in [0.2, 0.25) is 0 Å². The lowest BCUT2D eigenvalue weighted by molar-refractivity contribution is 0.0903. The summed E-state index contributed by atoms with van der Waals surface area (Å²) in [6, 6.07) is 8.55. The minimum absolute atomic E-state index is 0.481. The third-order valence-electron chi connectivity index (χ3n) is 2.95. The Morgan fingerprint density at radius 1 is 1.25 bits per heavy atom. The van der Waals surface area contributed by atoms with E-state index in [1.54, 1.807) is 0 Å². The fraction of sp³-hybridized carbons (Fsp3) is 0.417. The van der Waals surface area contributed by atoms with Crippen LogP contribution in [0.1, 0.15) is 12.8 Å². The molecule has 1 aromatic carbocycles. The standard InChI is InChI=1S/C12H15N3O/c1-2-4-11-10(3-1)14-12(15-11)13-9-5-7-16-8-6-9/h1-4,9H,5-8H2,(H2,13,14,15). The van der Waals surface area contributed by atoms with Gasteiger partial charge in [0.2, 0.25) is 5.95 Å². The highest BCUT2D eigenvalue weighted by Gasteiger charge is 2.14. The molecule has 2 aromatic rings. The van der Waals surface area contributed by atoms with Crippen molar-refractivity contribution in [2.45, 2.75) is 18.9 Å². The van der Waals surface area contributed by atoms with Gasteiger partial charge in [0.15, 0.2) is 0 Å². The van der Waals surface area contributed by atoms with E-state index >= 15 is 0 Å². The van der Waals surface area contributed by atoms with Gasteiger partial charge in [0.1, 0.15) is 0 Å². The Balaban J connectivity index is 1.78. The first-order valence-electron chi connectivity index (χ1n) is 5.71. The zero-order valence-corrected chi connectivity index (χ0v) is 9.07. The van der Waals surface area contributed by atoms with Crippen molar-refractivity contribution in [3.8, 4) is 0 Å². The lowest BCUT2D eigenvalue weighted by Crippen LogP contribution is -2.28. The summed E-state index contributed by atoms with van der Waals surface area (Å²) in [5.74, 6) is 0.869. The Labute approximate surface area is 94.0 Å². The summed E-state index contributed by atoms with van der Waals surface area (Å²) in [7, 11) is 0.